The molecule has 4 aromatic heterocycles. The first-order valence-corrected chi connectivity index (χ1v) is 10.6. The average molecular weight is 471 g/mol. The number of nitrogens with zero attached hydrogens (tertiary/aromatic N) is 8. The Hall–Kier alpha value is -3.01. The van der Waals surface area contributed by atoms with Crippen LogP contribution in [0.3, 0.4) is 0 Å². The predicted molar refractivity (Wildman–Crippen MR) is 116 cm³/mol. The smallest absolute Gasteiger partial charge is 0.274 e. The van der Waals surface area contributed by atoms with Gasteiger partial charge in [0.15, 0.2) is 11.3 Å². The van der Waals surface area contributed by atoms with E-state index in [1.807, 2.05) is 48.6 Å². The van der Waals surface area contributed by atoms with E-state index in [4.69, 9.17) is 0 Å². The van der Waals surface area contributed by atoms with E-state index in [0.29, 0.717) is 17.9 Å². The summed E-state index contributed by atoms with van der Waals surface area (Å²) in [5.74, 6) is -0.173. The Labute approximate surface area is 182 Å². The van der Waals surface area contributed by atoms with Crippen molar-refractivity contribution in [3.63, 3.8) is 0 Å². The van der Waals surface area contributed by atoms with Crippen molar-refractivity contribution in [1.82, 2.24) is 39.1 Å². The fourth-order valence-electron chi connectivity index (χ4n) is 3.39. The van der Waals surface area contributed by atoms with Crippen LogP contribution in [-0.4, -0.2) is 52.0 Å². The van der Waals surface area contributed by atoms with E-state index in [1.54, 1.807) is 28.7 Å². The van der Waals surface area contributed by atoms with Gasteiger partial charge in [-0.2, -0.15) is 15.3 Å². The summed E-state index contributed by atoms with van der Waals surface area (Å²) in [6, 6.07) is 3.54. The Morgan fingerprint density at radius 2 is 2.03 bits per heavy atom. The van der Waals surface area contributed by atoms with Crippen molar-refractivity contribution in [3.05, 3.63) is 52.1 Å². The fourth-order valence-corrected chi connectivity index (χ4v) is 3.91. The summed E-state index contributed by atoms with van der Waals surface area (Å²) in [5.41, 5.74) is 4.53. The molecule has 0 bridgehead atoms. The molecule has 0 aliphatic heterocycles. The van der Waals surface area contributed by atoms with Gasteiger partial charge in [0, 0.05) is 56.4 Å². The minimum Gasteiger partial charge on any atom is -0.336 e. The molecule has 0 saturated heterocycles. The van der Waals surface area contributed by atoms with E-state index in [-0.39, 0.29) is 5.91 Å². The maximum absolute atomic E-state index is 13.0. The van der Waals surface area contributed by atoms with Crippen molar-refractivity contribution < 1.29 is 4.79 Å². The molecule has 4 aromatic rings. The van der Waals surface area contributed by atoms with Gasteiger partial charge in [0.2, 0.25) is 0 Å². The Morgan fingerprint density at radius 3 is 2.70 bits per heavy atom. The summed E-state index contributed by atoms with van der Waals surface area (Å²) in [7, 11) is 1.77. The molecule has 156 valence electrons. The molecule has 9 nitrogen and oxygen atoms in total. The van der Waals surface area contributed by atoms with Crippen LogP contribution in [0.25, 0.3) is 17.0 Å². The Morgan fingerprint density at radius 1 is 1.23 bits per heavy atom. The topological polar surface area (TPSA) is 86.1 Å². The number of fused-ring (bicyclic) bond motifs is 1. The number of carbonyl (C=O) groups is 1. The summed E-state index contributed by atoms with van der Waals surface area (Å²) in [6.45, 7) is 8.10. The van der Waals surface area contributed by atoms with E-state index in [1.165, 1.54) is 0 Å². The van der Waals surface area contributed by atoms with Crippen LogP contribution < -0.4 is 0 Å². The summed E-state index contributed by atoms with van der Waals surface area (Å²) >= 11 is 3.56. The van der Waals surface area contributed by atoms with Crippen LogP contribution in [0.15, 0.2) is 35.2 Å². The van der Waals surface area contributed by atoms with Crippen LogP contribution >= 0.6 is 15.9 Å². The van der Waals surface area contributed by atoms with Gasteiger partial charge in [-0.15, -0.1) is 0 Å². The quantitative estimate of drug-likeness (QED) is 0.431. The fraction of sp³-hybridized carbons (Fsp3) is 0.350. The zero-order valence-electron chi connectivity index (χ0n) is 17.4. The van der Waals surface area contributed by atoms with Gasteiger partial charge in [-0.1, -0.05) is 0 Å². The van der Waals surface area contributed by atoms with E-state index in [2.05, 4.69) is 36.2 Å². The highest BCUT2D eigenvalue weighted by molar-refractivity contribution is 9.10. The highest BCUT2D eigenvalue weighted by Crippen LogP contribution is 2.27. The highest BCUT2D eigenvalue weighted by Gasteiger charge is 2.20. The summed E-state index contributed by atoms with van der Waals surface area (Å²) in [6.07, 6.45) is 5.43. The van der Waals surface area contributed by atoms with E-state index in [9.17, 15) is 4.79 Å². The molecule has 1 amide bonds. The third kappa shape index (κ3) is 3.51. The lowest BCUT2D eigenvalue weighted by Gasteiger charge is -2.15. The molecule has 0 atom stereocenters. The molecule has 0 aliphatic carbocycles. The van der Waals surface area contributed by atoms with Crippen molar-refractivity contribution in [1.29, 1.82) is 0 Å². The van der Waals surface area contributed by atoms with Gasteiger partial charge in [-0.05, 0) is 42.8 Å². The van der Waals surface area contributed by atoms with Gasteiger partial charge in [0.05, 0.1) is 16.4 Å². The Bertz CT molecular complexity index is 1220. The lowest BCUT2D eigenvalue weighted by molar-refractivity contribution is 0.0778. The number of amides is 1. The molecular weight excluding hydrogens is 448 g/mol. The predicted octanol–water partition coefficient (Wildman–Crippen LogP) is 3.17. The van der Waals surface area contributed by atoms with Gasteiger partial charge in [0.1, 0.15) is 5.69 Å². The maximum atomic E-state index is 13.0. The number of halogens is 1. The lowest BCUT2D eigenvalue weighted by atomic mass is 10.2. The summed E-state index contributed by atoms with van der Waals surface area (Å²) in [5, 5.41) is 13.5. The molecule has 0 spiro atoms. The van der Waals surface area contributed by atoms with Crippen LogP contribution in [-0.2, 0) is 19.6 Å². The second-order valence-corrected chi connectivity index (χ2v) is 7.90. The largest absolute Gasteiger partial charge is 0.336 e. The molecule has 4 heterocycles. The van der Waals surface area contributed by atoms with Crippen LogP contribution in [0, 0.1) is 6.92 Å². The SMILES string of the molecule is CCn1cc(Br)c(-c2ccnc3cc(C(=O)N(C)Cc4cnn(CC)c4C)nn23)n1. The van der Waals surface area contributed by atoms with Crippen molar-refractivity contribution in [2.24, 2.45) is 0 Å². The first-order chi connectivity index (χ1) is 14.4. The number of rotatable bonds is 6. The van der Waals surface area contributed by atoms with Gasteiger partial charge >= 0.3 is 0 Å². The number of aromatic nitrogens is 7. The molecule has 10 heteroatoms. The molecule has 30 heavy (non-hydrogen) atoms. The van der Waals surface area contributed by atoms with Crippen LogP contribution in [0.4, 0.5) is 0 Å². The average Bonchev–Trinajstić information content (AvgIpc) is 3.44. The molecule has 0 aromatic carbocycles. The minimum absolute atomic E-state index is 0.173. The van der Waals surface area contributed by atoms with Gasteiger partial charge in [-0.25, -0.2) is 9.50 Å². The first-order valence-electron chi connectivity index (χ1n) is 9.77. The number of hydrogen-bond acceptors (Lipinski definition) is 5. The van der Waals surface area contributed by atoms with Crippen molar-refractivity contribution >= 4 is 27.5 Å². The molecule has 0 N–H and O–H groups in total. The lowest BCUT2D eigenvalue weighted by Crippen LogP contribution is -2.26. The normalized spacial score (nSPS) is 11.4. The Kier molecular flexibility index (Phi) is 5.42. The van der Waals surface area contributed by atoms with E-state index < -0.39 is 0 Å². The van der Waals surface area contributed by atoms with E-state index in [0.717, 1.165) is 40.2 Å². The third-order valence-corrected chi connectivity index (χ3v) is 5.70. The maximum Gasteiger partial charge on any atom is 0.274 e. The second kappa shape index (κ2) is 8.02. The summed E-state index contributed by atoms with van der Waals surface area (Å²) < 4.78 is 6.28. The van der Waals surface area contributed by atoms with Crippen molar-refractivity contribution in [2.45, 2.75) is 40.4 Å². The van der Waals surface area contributed by atoms with Crippen LogP contribution in [0.5, 0.6) is 0 Å². The second-order valence-electron chi connectivity index (χ2n) is 7.04. The standard InChI is InChI=1S/C20H23BrN8O/c1-5-27-12-15(21)19(25-27)17-7-8-22-18-9-16(24-29(17)18)20(30)26(4)11-14-10-23-28(6-2)13(14)3/h7-10,12H,5-6,11H2,1-4H3. The molecular formula is C20H23BrN8O. The summed E-state index contributed by atoms with van der Waals surface area (Å²) in [4.78, 5) is 19.0. The number of aryl methyl sites for hydroxylation is 2. The molecule has 4 rings (SSSR count). The van der Waals surface area contributed by atoms with Crippen molar-refractivity contribution in [2.75, 3.05) is 7.05 Å². The zero-order chi connectivity index (χ0) is 21.4. The zero-order valence-corrected chi connectivity index (χ0v) is 19.0. The molecule has 0 aliphatic rings. The first kappa shape index (κ1) is 20.3. The number of carbonyl (C=O) groups excluding carboxylic acids is 1. The molecule has 0 radical (unpaired) electrons. The van der Waals surface area contributed by atoms with E-state index >= 15 is 0 Å². The van der Waals surface area contributed by atoms with Crippen LogP contribution in [0.2, 0.25) is 0 Å². The Balaban J connectivity index is 1.65. The third-order valence-electron chi connectivity index (χ3n) is 5.12. The van der Waals surface area contributed by atoms with Crippen molar-refractivity contribution in [3.8, 4) is 11.4 Å². The number of hydrogen-bond donors (Lipinski definition) is 0. The molecule has 0 saturated carbocycles. The van der Waals surface area contributed by atoms with Crippen LogP contribution in [0.1, 0.15) is 35.6 Å². The minimum atomic E-state index is -0.173. The monoisotopic (exact) mass is 470 g/mol. The molecule has 0 unspecified atom stereocenters. The van der Waals surface area contributed by atoms with Gasteiger partial charge in [0.25, 0.3) is 5.91 Å². The van der Waals surface area contributed by atoms with Gasteiger partial charge in [-0.3, -0.25) is 14.2 Å². The van der Waals surface area contributed by atoms with Gasteiger partial charge < -0.3 is 4.90 Å². The highest BCUT2D eigenvalue weighted by atomic mass is 79.9. The molecule has 0 fully saturated rings.